The Hall–Kier alpha value is -3.13. The van der Waals surface area contributed by atoms with Crippen LogP contribution in [0.15, 0.2) is 72.8 Å². The Bertz CT molecular complexity index is 1040. The molecular formula is C29H32O2. The molecule has 2 heteroatoms. The maximum Gasteiger partial charge on any atom is 0.132 e. The summed E-state index contributed by atoms with van der Waals surface area (Å²) in [4.78, 5) is 11.4. The van der Waals surface area contributed by atoms with E-state index in [-0.39, 0.29) is 11.7 Å². The summed E-state index contributed by atoms with van der Waals surface area (Å²) in [6.07, 6.45) is 2.88. The zero-order valence-corrected chi connectivity index (χ0v) is 19.2. The number of hydrogen-bond acceptors (Lipinski definition) is 2. The third-order valence-electron chi connectivity index (χ3n) is 5.91. The van der Waals surface area contributed by atoms with Gasteiger partial charge in [-0.15, -0.1) is 0 Å². The van der Waals surface area contributed by atoms with Crippen molar-refractivity contribution in [2.45, 2.75) is 41.0 Å². The molecule has 0 aliphatic heterocycles. The van der Waals surface area contributed by atoms with Gasteiger partial charge in [-0.05, 0) is 91.3 Å². The van der Waals surface area contributed by atoms with Gasteiger partial charge in [-0.1, -0.05) is 61.5 Å². The van der Waals surface area contributed by atoms with Crippen molar-refractivity contribution in [1.29, 1.82) is 0 Å². The monoisotopic (exact) mass is 412 g/mol. The topological polar surface area (TPSA) is 26.3 Å². The number of hydrogen-bond donors (Lipinski definition) is 0. The van der Waals surface area contributed by atoms with Gasteiger partial charge in [-0.3, -0.25) is 4.79 Å². The molecule has 1 atom stereocenters. The molecule has 3 aromatic carbocycles. The van der Waals surface area contributed by atoms with E-state index < -0.39 is 0 Å². The molecule has 0 saturated heterocycles. The Morgan fingerprint density at radius 2 is 1.52 bits per heavy atom. The number of ketones is 1. The van der Waals surface area contributed by atoms with Gasteiger partial charge >= 0.3 is 0 Å². The molecule has 0 aromatic heterocycles. The molecule has 3 aromatic rings. The molecule has 3 rings (SSSR count). The van der Waals surface area contributed by atoms with Crippen molar-refractivity contribution in [1.82, 2.24) is 0 Å². The van der Waals surface area contributed by atoms with Gasteiger partial charge in [0.15, 0.2) is 0 Å². The van der Waals surface area contributed by atoms with Crippen molar-refractivity contribution in [2.75, 3.05) is 6.61 Å². The average Bonchev–Trinajstić information content (AvgIpc) is 2.75. The normalized spacial score (nSPS) is 12.5. The molecule has 0 aliphatic carbocycles. The number of carbonyl (C=O) groups is 1. The lowest BCUT2D eigenvalue weighted by Crippen LogP contribution is -2.09. The van der Waals surface area contributed by atoms with Crippen LogP contribution in [0.25, 0.3) is 16.7 Å². The van der Waals surface area contributed by atoms with Crippen LogP contribution in [0, 0.1) is 19.8 Å². The van der Waals surface area contributed by atoms with Crippen molar-refractivity contribution < 1.29 is 9.53 Å². The summed E-state index contributed by atoms with van der Waals surface area (Å²) in [7, 11) is 0. The lowest BCUT2D eigenvalue weighted by atomic mass is 9.94. The molecule has 0 saturated carbocycles. The quantitative estimate of drug-likeness (QED) is 0.390. The Morgan fingerprint density at radius 3 is 2.10 bits per heavy atom. The van der Waals surface area contributed by atoms with Gasteiger partial charge in [0.2, 0.25) is 0 Å². The minimum Gasteiger partial charge on any atom is -0.490 e. The minimum atomic E-state index is 0.0541. The molecule has 31 heavy (non-hydrogen) atoms. The zero-order valence-electron chi connectivity index (χ0n) is 19.2. The maximum absolute atomic E-state index is 11.4. The van der Waals surface area contributed by atoms with Gasteiger partial charge in [0.05, 0.1) is 0 Å². The second-order valence-electron chi connectivity index (χ2n) is 8.40. The first-order valence-electron chi connectivity index (χ1n) is 10.9. The van der Waals surface area contributed by atoms with Crippen molar-refractivity contribution in [3.05, 3.63) is 95.1 Å². The fourth-order valence-electron chi connectivity index (χ4n) is 3.77. The van der Waals surface area contributed by atoms with E-state index in [1.807, 2.05) is 31.2 Å². The SMILES string of the molecule is CC(=O)C(C)Cc1ccc(OC/C=C(\C)c2ccc(-c3c(C)cccc3C)cc2)cc1. The predicted molar refractivity (Wildman–Crippen MR) is 130 cm³/mol. The highest BCUT2D eigenvalue weighted by Gasteiger charge is 2.08. The Morgan fingerprint density at radius 1 is 0.903 bits per heavy atom. The van der Waals surface area contributed by atoms with Gasteiger partial charge in [0.1, 0.15) is 18.1 Å². The summed E-state index contributed by atoms with van der Waals surface area (Å²) in [6.45, 7) is 10.6. The molecule has 0 amide bonds. The smallest absolute Gasteiger partial charge is 0.132 e. The molecule has 0 fully saturated rings. The van der Waals surface area contributed by atoms with Gasteiger partial charge in [0, 0.05) is 5.92 Å². The molecule has 0 N–H and O–H groups in total. The van der Waals surface area contributed by atoms with E-state index in [2.05, 4.69) is 69.3 Å². The molecular weight excluding hydrogens is 380 g/mol. The van der Waals surface area contributed by atoms with E-state index in [0.29, 0.717) is 6.61 Å². The zero-order chi connectivity index (χ0) is 22.4. The van der Waals surface area contributed by atoms with E-state index >= 15 is 0 Å². The molecule has 0 radical (unpaired) electrons. The van der Waals surface area contributed by atoms with Crippen LogP contribution in [-0.4, -0.2) is 12.4 Å². The lowest BCUT2D eigenvalue weighted by molar-refractivity contribution is -0.120. The minimum absolute atomic E-state index is 0.0541. The first-order chi connectivity index (χ1) is 14.8. The second kappa shape index (κ2) is 10.3. The highest BCUT2D eigenvalue weighted by Crippen LogP contribution is 2.28. The van der Waals surface area contributed by atoms with Crippen LogP contribution >= 0.6 is 0 Å². The molecule has 0 heterocycles. The van der Waals surface area contributed by atoms with Gasteiger partial charge in [-0.25, -0.2) is 0 Å². The standard InChI is InChI=1S/C29H32O2/c1-20(17-18-31-28-15-9-25(10-16-28)19-23(4)24(5)30)26-11-13-27(14-12-26)29-21(2)7-6-8-22(29)3/h6-17,23H,18-19H2,1-5H3/b20-17+. The maximum atomic E-state index is 11.4. The average molecular weight is 413 g/mol. The Balaban J connectivity index is 1.60. The number of Topliss-reactive ketones (excluding diaryl/α,β-unsaturated/α-hetero) is 1. The van der Waals surface area contributed by atoms with Gasteiger partial charge < -0.3 is 4.74 Å². The van der Waals surface area contributed by atoms with Crippen LogP contribution in [-0.2, 0) is 11.2 Å². The first kappa shape index (κ1) is 22.6. The largest absolute Gasteiger partial charge is 0.490 e. The van der Waals surface area contributed by atoms with Crippen LogP contribution in [0.4, 0.5) is 0 Å². The highest BCUT2D eigenvalue weighted by atomic mass is 16.5. The molecule has 160 valence electrons. The number of aryl methyl sites for hydroxylation is 2. The van der Waals surface area contributed by atoms with E-state index in [4.69, 9.17) is 4.74 Å². The van der Waals surface area contributed by atoms with Crippen LogP contribution in [0.1, 0.15) is 43.0 Å². The number of benzene rings is 3. The van der Waals surface area contributed by atoms with Crippen LogP contribution in [0.3, 0.4) is 0 Å². The number of ether oxygens (including phenoxy) is 1. The van der Waals surface area contributed by atoms with Crippen molar-refractivity contribution in [3.63, 3.8) is 0 Å². The van der Waals surface area contributed by atoms with E-state index in [1.54, 1.807) is 6.92 Å². The van der Waals surface area contributed by atoms with Crippen molar-refractivity contribution >= 4 is 11.4 Å². The first-order valence-corrected chi connectivity index (χ1v) is 10.9. The molecule has 0 spiro atoms. The highest BCUT2D eigenvalue weighted by molar-refractivity contribution is 5.78. The summed E-state index contributed by atoms with van der Waals surface area (Å²) in [5.41, 5.74) is 8.73. The predicted octanol–water partition coefficient (Wildman–Crippen LogP) is 7.22. The van der Waals surface area contributed by atoms with E-state index in [0.717, 1.165) is 17.7 Å². The molecule has 0 aliphatic rings. The summed E-state index contributed by atoms with van der Waals surface area (Å²) < 4.78 is 5.89. The molecule has 2 nitrogen and oxygen atoms in total. The molecule has 1 unspecified atom stereocenters. The fourth-order valence-corrected chi connectivity index (χ4v) is 3.77. The van der Waals surface area contributed by atoms with Gasteiger partial charge in [-0.2, -0.15) is 0 Å². The van der Waals surface area contributed by atoms with E-state index in [9.17, 15) is 4.79 Å². The number of allylic oxidation sites excluding steroid dienone is 1. The second-order valence-corrected chi connectivity index (χ2v) is 8.40. The molecule has 0 bridgehead atoms. The van der Waals surface area contributed by atoms with Gasteiger partial charge in [0.25, 0.3) is 0 Å². The van der Waals surface area contributed by atoms with Crippen LogP contribution < -0.4 is 4.74 Å². The summed E-state index contributed by atoms with van der Waals surface area (Å²) in [5.74, 6) is 1.12. The Kier molecular flexibility index (Phi) is 7.46. The third-order valence-corrected chi connectivity index (χ3v) is 5.91. The summed E-state index contributed by atoms with van der Waals surface area (Å²) >= 11 is 0. The summed E-state index contributed by atoms with van der Waals surface area (Å²) in [5, 5.41) is 0. The number of carbonyl (C=O) groups excluding carboxylic acids is 1. The lowest BCUT2D eigenvalue weighted by Gasteiger charge is -2.11. The van der Waals surface area contributed by atoms with Crippen LogP contribution in [0.5, 0.6) is 5.75 Å². The van der Waals surface area contributed by atoms with Crippen molar-refractivity contribution in [2.24, 2.45) is 5.92 Å². The summed E-state index contributed by atoms with van der Waals surface area (Å²) in [6, 6.07) is 23.2. The Labute approximate surface area is 186 Å². The third kappa shape index (κ3) is 5.95. The van der Waals surface area contributed by atoms with Crippen LogP contribution in [0.2, 0.25) is 0 Å². The van der Waals surface area contributed by atoms with E-state index in [1.165, 1.54) is 33.4 Å². The van der Waals surface area contributed by atoms with Crippen molar-refractivity contribution in [3.8, 4) is 16.9 Å². The number of rotatable bonds is 8. The fraction of sp³-hybridized carbons (Fsp3) is 0.276.